The molecule has 0 aliphatic rings. The van der Waals surface area contributed by atoms with Gasteiger partial charge in [0.1, 0.15) is 11.4 Å². The van der Waals surface area contributed by atoms with Gasteiger partial charge >= 0.3 is 6.36 Å². The highest BCUT2D eigenvalue weighted by Crippen LogP contribution is 2.33. The third-order valence-corrected chi connectivity index (χ3v) is 5.02. The smallest absolute Gasteiger partial charge is 0.497 e. The molecule has 6 nitrogen and oxygen atoms in total. The third kappa shape index (κ3) is 4.88. The van der Waals surface area contributed by atoms with Gasteiger partial charge in [-0.25, -0.2) is 9.67 Å². The molecule has 4 rings (SSSR count). The molecule has 34 heavy (non-hydrogen) atoms. The average Bonchev–Trinajstić information content (AvgIpc) is 3.17. The number of H-pyrrole nitrogens is 1. The van der Waals surface area contributed by atoms with E-state index in [2.05, 4.69) is 14.8 Å². The van der Waals surface area contributed by atoms with Crippen LogP contribution in [0.3, 0.4) is 0 Å². The minimum atomic E-state index is -4.87. The van der Waals surface area contributed by atoms with Crippen molar-refractivity contribution in [1.29, 1.82) is 0 Å². The topological polar surface area (TPSA) is 68.6 Å². The van der Waals surface area contributed by atoms with Gasteiger partial charge in [-0.05, 0) is 55.5 Å². The van der Waals surface area contributed by atoms with E-state index in [1.165, 1.54) is 22.9 Å². The Bertz CT molecular complexity index is 1370. The number of hydrogen-bond donors (Lipinski definition) is 1. The fourth-order valence-corrected chi connectivity index (χ4v) is 3.50. The van der Waals surface area contributed by atoms with E-state index in [1.54, 1.807) is 68.6 Å². The van der Waals surface area contributed by atoms with Crippen LogP contribution in [0.25, 0.3) is 16.9 Å². The first-order valence-corrected chi connectivity index (χ1v) is 10.2. The van der Waals surface area contributed by atoms with E-state index >= 15 is 0 Å². The van der Waals surface area contributed by atoms with Gasteiger partial charge in [-0.1, -0.05) is 30.3 Å². The summed E-state index contributed by atoms with van der Waals surface area (Å²) in [5, 5.41) is 3.11. The highest BCUT2D eigenvalue weighted by Gasteiger charge is 2.32. The zero-order valence-electron chi connectivity index (χ0n) is 18.3. The van der Waals surface area contributed by atoms with Crippen LogP contribution < -0.4 is 15.0 Å². The largest absolute Gasteiger partial charge is 0.573 e. The number of halogens is 3. The lowest BCUT2D eigenvalue weighted by molar-refractivity contribution is -0.274. The standard InChI is InChI=1S/C25H20F3N3O3/c1-16(29-20-10-6-7-11-21(20)34-25(26,27)28)22-23(17-12-14-19(33-2)15-13-17)30-31(24(22)32)18-8-4-3-5-9-18/h3-15,30H,1-2H3. The number of aliphatic imine (C=N–C) groups is 1. The number of alkyl halides is 3. The Morgan fingerprint density at radius 1 is 0.941 bits per heavy atom. The molecule has 9 heteroatoms. The Labute approximate surface area is 192 Å². The maximum atomic E-state index is 13.4. The lowest BCUT2D eigenvalue weighted by atomic mass is 10.0. The molecule has 3 aromatic carbocycles. The Hall–Kier alpha value is -4.27. The minimum absolute atomic E-state index is 0.0510. The molecule has 0 saturated carbocycles. The van der Waals surface area contributed by atoms with Crippen LogP contribution >= 0.6 is 0 Å². The first kappa shape index (κ1) is 22.9. The molecule has 0 atom stereocenters. The quantitative estimate of drug-likeness (QED) is 0.360. The van der Waals surface area contributed by atoms with Crippen molar-refractivity contribution < 1.29 is 22.6 Å². The van der Waals surface area contributed by atoms with Crippen LogP contribution in [0.1, 0.15) is 12.5 Å². The molecule has 0 amide bonds. The van der Waals surface area contributed by atoms with Crippen molar-refractivity contribution in [3.05, 3.63) is 94.8 Å². The highest BCUT2D eigenvalue weighted by atomic mass is 19.4. The van der Waals surface area contributed by atoms with Crippen molar-refractivity contribution in [2.45, 2.75) is 13.3 Å². The summed E-state index contributed by atoms with van der Waals surface area (Å²) < 4.78 is 49.2. The highest BCUT2D eigenvalue weighted by molar-refractivity contribution is 6.05. The van der Waals surface area contributed by atoms with Crippen LogP contribution in [0.5, 0.6) is 11.5 Å². The molecular formula is C25H20F3N3O3. The number of rotatable bonds is 6. The molecule has 0 fully saturated rings. The molecule has 1 heterocycles. The molecule has 0 radical (unpaired) electrons. The molecule has 1 aromatic heterocycles. The van der Waals surface area contributed by atoms with Crippen molar-refractivity contribution in [3.8, 4) is 28.4 Å². The summed E-state index contributed by atoms with van der Waals surface area (Å²) in [6.07, 6.45) is -4.87. The third-order valence-electron chi connectivity index (χ3n) is 5.02. The number of aromatic amines is 1. The van der Waals surface area contributed by atoms with Gasteiger partial charge in [0, 0.05) is 5.56 Å². The van der Waals surface area contributed by atoms with E-state index in [9.17, 15) is 18.0 Å². The van der Waals surface area contributed by atoms with Crippen LogP contribution in [0.15, 0.2) is 88.6 Å². The molecule has 0 saturated heterocycles. The first-order chi connectivity index (χ1) is 16.3. The first-order valence-electron chi connectivity index (χ1n) is 10.2. The van der Waals surface area contributed by atoms with Crippen molar-refractivity contribution >= 4 is 11.4 Å². The van der Waals surface area contributed by atoms with E-state index in [-0.39, 0.29) is 17.0 Å². The number of para-hydroxylation sites is 3. The van der Waals surface area contributed by atoms with Crippen molar-refractivity contribution in [3.63, 3.8) is 0 Å². The normalized spacial score (nSPS) is 12.0. The minimum Gasteiger partial charge on any atom is -0.497 e. The second kappa shape index (κ2) is 9.30. The van der Waals surface area contributed by atoms with Gasteiger partial charge in [0.25, 0.3) is 5.56 Å². The maximum Gasteiger partial charge on any atom is 0.573 e. The van der Waals surface area contributed by atoms with Gasteiger partial charge in [-0.15, -0.1) is 13.2 Å². The summed E-state index contributed by atoms with van der Waals surface area (Å²) in [5.41, 5.74) is 1.74. The Kier molecular flexibility index (Phi) is 6.27. The molecule has 0 aliphatic heterocycles. The van der Waals surface area contributed by atoms with Crippen molar-refractivity contribution in [2.75, 3.05) is 7.11 Å². The molecule has 4 aromatic rings. The van der Waals surface area contributed by atoms with Gasteiger partial charge in [0.2, 0.25) is 0 Å². The number of aromatic nitrogens is 2. The molecule has 174 valence electrons. The number of hydrogen-bond acceptors (Lipinski definition) is 4. The average molecular weight is 467 g/mol. The molecular weight excluding hydrogens is 447 g/mol. The molecule has 0 aliphatic carbocycles. The van der Waals surface area contributed by atoms with Gasteiger partial charge in [0.15, 0.2) is 5.75 Å². The summed E-state index contributed by atoms with van der Waals surface area (Å²) >= 11 is 0. The predicted octanol–water partition coefficient (Wildman–Crippen LogP) is 5.88. The Morgan fingerprint density at radius 3 is 2.24 bits per heavy atom. The Morgan fingerprint density at radius 2 is 1.59 bits per heavy atom. The summed E-state index contributed by atoms with van der Waals surface area (Å²) in [7, 11) is 1.55. The molecule has 1 N–H and O–H groups in total. The number of ether oxygens (including phenoxy) is 2. The number of methoxy groups -OCH3 is 1. The second-order valence-corrected chi connectivity index (χ2v) is 7.28. The van der Waals surface area contributed by atoms with Crippen LogP contribution in [0.2, 0.25) is 0 Å². The van der Waals surface area contributed by atoms with Gasteiger partial charge in [-0.3, -0.25) is 9.89 Å². The van der Waals surface area contributed by atoms with Crippen molar-refractivity contribution in [2.24, 2.45) is 4.99 Å². The van der Waals surface area contributed by atoms with E-state index in [0.29, 0.717) is 22.7 Å². The molecule has 0 bridgehead atoms. The summed E-state index contributed by atoms with van der Waals surface area (Å²) in [6, 6.07) is 21.5. The van der Waals surface area contributed by atoms with E-state index < -0.39 is 17.7 Å². The number of nitrogens with zero attached hydrogens (tertiary/aromatic N) is 2. The zero-order valence-corrected chi connectivity index (χ0v) is 18.3. The lowest BCUT2D eigenvalue weighted by Gasteiger charge is -2.11. The van der Waals surface area contributed by atoms with E-state index in [4.69, 9.17) is 4.74 Å². The Balaban J connectivity index is 1.88. The maximum absolute atomic E-state index is 13.4. The predicted molar refractivity (Wildman–Crippen MR) is 123 cm³/mol. The van der Waals surface area contributed by atoms with Crippen LogP contribution in [0.4, 0.5) is 18.9 Å². The fraction of sp³-hybridized carbons (Fsp3) is 0.120. The molecule has 0 spiro atoms. The van der Waals surface area contributed by atoms with Gasteiger partial charge in [0.05, 0.1) is 29.8 Å². The SMILES string of the molecule is COc1ccc(-c2[nH]n(-c3ccccc3)c(=O)c2C(C)=Nc2ccccc2OC(F)(F)F)cc1. The lowest BCUT2D eigenvalue weighted by Crippen LogP contribution is -2.19. The second-order valence-electron chi connectivity index (χ2n) is 7.28. The summed E-state index contributed by atoms with van der Waals surface area (Å²) in [5.74, 6) is 0.179. The van der Waals surface area contributed by atoms with Gasteiger partial charge in [-0.2, -0.15) is 0 Å². The van der Waals surface area contributed by atoms with Gasteiger partial charge < -0.3 is 9.47 Å². The summed E-state index contributed by atoms with van der Waals surface area (Å²) in [4.78, 5) is 17.8. The van der Waals surface area contributed by atoms with E-state index in [0.717, 1.165) is 0 Å². The van der Waals surface area contributed by atoms with Crippen LogP contribution in [-0.4, -0.2) is 29.0 Å². The number of nitrogens with one attached hydrogen (secondary N) is 1. The monoisotopic (exact) mass is 467 g/mol. The summed E-state index contributed by atoms with van der Waals surface area (Å²) in [6.45, 7) is 1.57. The zero-order chi connectivity index (χ0) is 24.3. The number of benzene rings is 3. The van der Waals surface area contributed by atoms with Crippen LogP contribution in [-0.2, 0) is 0 Å². The van der Waals surface area contributed by atoms with Crippen LogP contribution in [0, 0.1) is 0 Å². The molecule has 0 unspecified atom stereocenters. The van der Waals surface area contributed by atoms with E-state index in [1.807, 2.05) is 6.07 Å². The van der Waals surface area contributed by atoms with Crippen molar-refractivity contribution in [1.82, 2.24) is 9.78 Å². The fourth-order valence-electron chi connectivity index (χ4n) is 3.50.